The molecule has 0 spiro atoms. The minimum atomic E-state index is -1.09. The van der Waals surface area contributed by atoms with E-state index in [-0.39, 0.29) is 16.8 Å². The third-order valence-corrected chi connectivity index (χ3v) is 4.90. The van der Waals surface area contributed by atoms with E-state index < -0.39 is 17.7 Å². The molecule has 2 N–H and O–H groups in total. The molecule has 1 aliphatic carbocycles. The Kier molecular flexibility index (Phi) is 6.65. The number of ether oxygens (including phenoxy) is 1. The first-order chi connectivity index (χ1) is 14.0. The van der Waals surface area contributed by atoms with Gasteiger partial charge in [-0.3, -0.25) is 4.79 Å². The van der Waals surface area contributed by atoms with E-state index in [0.717, 1.165) is 24.2 Å². The van der Waals surface area contributed by atoms with Gasteiger partial charge in [0.15, 0.2) is 0 Å². The van der Waals surface area contributed by atoms with Gasteiger partial charge in [0, 0.05) is 11.1 Å². The topological polar surface area (TPSA) is 75.6 Å². The molecule has 5 nitrogen and oxygen atoms in total. The van der Waals surface area contributed by atoms with Crippen LogP contribution < -0.4 is 10.1 Å². The minimum Gasteiger partial charge on any atom is -0.494 e. The van der Waals surface area contributed by atoms with Crippen molar-refractivity contribution < 1.29 is 23.8 Å². The van der Waals surface area contributed by atoms with Crippen molar-refractivity contribution in [2.24, 2.45) is 0 Å². The molecule has 6 heteroatoms. The summed E-state index contributed by atoms with van der Waals surface area (Å²) < 4.78 is 20.3. The average Bonchev–Trinajstić information content (AvgIpc) is 3.20. The van der Waals surface area contributed by atoms with Crippen molar-refractivity contribution in [1.29, 1.82) is 0 Å². The lowest BCUT2D eigenvalue weighted by atomic mass is 10.0. The van der Waals surface area contributed by atoms with E-state index in [1.54, 1.807) is 6.07 Å². The molecule has 0 radical (unpaired) electrons. The number of unbranched alkanes of at least 4 members (excludes halogenated alkanes) is 1. The van der Waals surface area contributed by atoms with Crippen LogP contribution in [0.1, 0.15) is 39.0 Å². The van der Waals surface area contributed by atoms with Gasteiger partial charge in [-0.2, -0.15) is 0 Å². The number of anilines is 1. The predicted molar refractivity (Wildman–Crippen MR) is 109 cm³/mol. The van der Waals surface area contributed by atoms with Crippen molar-refractivity contribution in [3.8, 4) is 16.9 Å². The Bertz CT molecular complexity index is 952. The number of nitrogens with one attached hydrogen (secondary N) is 1. The normalized spacial score (nSPS) is 13.4. The fourth-order valence-corrected chi connectivity index (χ4v) is 3.32. The van der Waals surface area contributed by atoms with Crippen molar-refractivity contribution in [1.82, 2.24) is 0 Å². The summed E-state index contributed by atoms with van der Waals surface area (Å²) in [5.41, 5.74) is 1.82. The molecule has 0 heterocycles. The van der Waals surface area contributed by atoms with Gasteiger partial charge in [-0.25, -0.2) is 9.18 Å². The number of hydrogen-bond acceptors (Lipinski definition) is 3. The summed E-state index contributed by atoms with van der Waals surface area (Å²) in [5, 5.41) is 11.7. The molecule has 0 aliphatic heterocycles. The molecule has 0 atom stereocenters. The van der Waals surface area contributed by atoms with Crippen LogP contribution in [0, 0.1) is 5.82 Å². The first-order valence-corrected chi connectivity index (χ1v) is 9.79. The highest BCUT2D eigenvalue weighted by molar-refractivity contribution is 6.09. The van der Waals surface area contributed by atoms with Crippen LogP contribution >= 0.6 is 0 Å². The van der Waals surface area contributed by atoms with Crippen LogP contribution in [0.25, 0.3) is 11.1 Å². The van der Waals surface area contributed by atoms with Gasteiger partial charge in [-0.15, -0.1) is 0 Å². The van der Waals surface area contributed by atoms with Gasteiger partial charge >= 0.3 is 5.97 Å². The highest BCUT2D eigenvalue weighted by atomic mass is 19.1. The second-order valence-corrected chi connectivity index (χ2v) is 6.99. The Balaban J connectivity index is 1.75. The number of hydrogen-bond donors (Lipinski definition) is 2. The van der Waals surface area contributed by atoms with E-state index in [9.17, 15) is 19.1 Å². The first-order valence-electron chi connectivity index (χ1n) is 9.79. The summed E-state index contributed by atoms with van der Waals surface area (Å²) >= 11 is 0. The summed E-state index contributed by atoms with van der Waals surface area (Å²) in [4.78, 5) is 23.6. The van der Waals surface area contributed by atoms with E-state index in [1.807, 2.05) is 24.3 Å². The second-order valence-electron chi connectivity index (χ2n) is 6.99. The molecule has 0 aromatic heterocycles. The molecule has 0 unspecified atom stereocenters. The maximum atomic E-state index is 14.6. The minimum absolute atomic E-state index is 0.0261. The fraction of sp³-hybridized carbons (Fsp3) is 0.304. The summed E-state index contributed by atoms with van der Waals surface area (Å²) in [6.45, 7) is 2.72. The van der Waals surface area contributed by atoms with Gasteiger partial charge in [-0.05, 0) is 61.1 Å². The van der Waals surface area contributed by atoms with Crippen molar-refractivity contribution in [2.75, 3.05) is 11.9 Å². The van der Waals surface area contributed by atoms with Crippen LogP contribution in [-0.4, -0.2) is 23.6 Å². The third-order valence-electron chi connectivity index (χ3n) is 4.90. The average molecular weight is 397 g/mol. The van der Waals surface area contributed by atoms with E-state index >= 15 is 0 Å². The number of carbonyl (C=O) groups excluding carboxylic acids is 1. The summed E-state index contributed by atoms with van der Waals surface area (Å²) in [6, 6.07) is 12.0. The number of carboxylic acids is 1. The Morgan fingerprint density at radius 1 is 1.10 bits per heavy atom. The van der Waals surface area contributed by atoms with Crippen LogP contribution in [0.4, 0.5) is 10.1 Å². The lowest BCUT2D eigenvalue weighted by Crippen LogP contribution is -2.17. The van der Waals surface area contributed by atoms with Gasteiger partial charge in [0.2, 0.25) is 0 Å². The monoisotopic (exact) mass is 397 g/mol. The number of halogens is 1. The number of rotatable bonds is 8. The molecule has 0 saturated carbocycles. The van der Waals surface area contributed by atoms with Gasteiger partial charge in [0.1, 0.15) is 11.6 Å². The maximum absolute atomic E-state index is 14.6. The summed E-state index contributed by atoms with van der Waals surface area (Å²) in [7, 11) is 0. The largest absolute Gasteiger partial charge is 0.494 e. The fourth-order valence-electron chi connectivity index (χ4n) is 3.32. The van der Waals surface area contributed by atoms with Gasteiger partial charge in [0.25, 0.3) is 5.91 Å². The Morgan fingerprint density at radius 3 is 2.59 bits per heavy atom. The van der Waals surface area contributed by atoms with Crippen molar-refractivity contribution >= 4 is 17.6 Å². The molecule has 29 heavy (non-hydrogen) atoms. The van der Waals surface area contributed by atoms with Gasteiger partial charge in [0.05, 0.1) is 12.3 Å². The quantitative estimate of drug-likeness (QED) is 0.602. The molecule has 0 saturated heterocycles. The number of aliphatic carboxylic acids is 1. The molecular weight excluding hydrogens is 373 g/mol. The SMILES string of the molecule is CCCCOc1cccc(-c2ccc(NC(=O)C3=C(C(=O)O)CCC3)c(F)c2)c1. The number of amides is 1. The molecule has 2 aromatic rings. The highest BCUT2D eigenvalue weighted by Gasteiger charge is 2.25. The smallest absolute Gasteiger partial charge is 0.332 e. The number of benzene rings is 2. The van der Waals surface area contributed by atoms with Crippen LogP contribution in [0.15, 0.2) is 53.6 Å². The standard InChI is InChI=1S/C23H24FNO4/c1-2-3-12-29-17-7-4-6-15(13-17)16-10-11-21(20(24)14-16)25-22(26)18-8-5-9-19(18)23(27)28/h4,6-7,10-11,13-14H,2-3,5,8-9,12H2,1H3,(H,25,26)(H,27,28). The molecule has 3 rings (SSSR count). The van der Waals surface area contributed by atoms with Crippen LogP contribution in [-0.2, 0) is 9.59 Å². The lowest BCUT2D eigenvalue weighted by molar-refractivity contribution is -0.133. The van der Waals surface area contributed by atoms with Crippen LogP contribution in [0.5, 0.6) is 5.75 Å². The van der Waals surface area contributed by atoms with E-state index in [1.165, 1.54) is 12.1 Å². The van der Waals surface area contributed by atoms with Crippen LogP contribution in [0.3, 0.4) is 0 Å². The van der Waals surface area contributed by atoms with Crippen molar-refractivity contribution in [2.45, 2.75) is 39.0 Å². The van der Waals surface area contributed by atoms with E-state index in [4.69, 9.17) is 4.74 Å². The molecule has 152 valence electrons. The number of carboxylic acid groups (broad SMARTS) is 1. The number of carbonyl (C=O) groups is 2. The third kappa shape index (κ3) is 5.02. The molecule has 1 aliphatic rings. The Labute approximate surface area is 169 Å². The summed E-state index contributed by atoms with van der Waals surface area (Å²) in [5.74, 6) is -1.51. The molecule has 1 amide bonds. The molecule has 0 fully saturated rings. The zero-order valence-electron chi connectivity index (χ0n) is 16.3. The van der Waals surface area contributed by atoms with Crippen molar-refractivity contribution in [3.63, 3.8) is 0 Å². The van der Waals surface area contributed by atoms with E-state index in [2.05, 4.69) is 12.2 Å². The zero-order valence-corrected chi connectivity index (χ0v) is 16.3. The molecule has 0 bridgehead atoms. The Morgan fingerprint density at radius 2 is 1.86 bits per heavy atom. The zero-order chi connectivity index (χ0) is 20.8. The highest BCUT2D eigenvalue weighted by Crippen LogP contribution is 2.30. The second kappa shape index (κ2) is 9.37. The lowest BCUT2D eigenvalue weighted by Gasteiger charge is -2.11. The van der Waals surface area contributed by atoms with Crippen LogP contribution in [0.2, 0.25) is 0 Å². The predicted octanol–water partition coefficient (Wildman–Crippen LogP) is 5.18. The first kappa shape index (κ1) is 20.6. The summed E-state index contributed by atoms with van der Waals surface area (Å²) in [6.07, 6.45) is 3.37. The van der Waals surface area contributed by atoms with Gasteiger partial charge < -0.3 is 15.2 Å². The van der Waals surface area contributed by atoms with Crippen molar-refractivity contribution in [3.05, 3.63) is 59.4 Å². The Hall–Kier alpha value is -3.15. The van der Waals surface area contributed by atoms with Gasteiger partial charge in [-0.1, -0.05) is 31.5 Å². The molecule has 2 aromatic carbocycles. The van der Waals surface area contributed by atoms with E-state index in [0.29, 0.717) is 31.4 Å². The molecular formula is C23H24FNO4. The maximum Gasteiger partial charge on any atom is 0.332 e.